The van der Waals surface area contributed by atoms with Crippen molar-refractivity contribution in [3.05, 3.63) is 79.6 Å². The normalized spacial score (nSPS) is 10.6. The second kappa shape index (κ2) is 8.06. The molecule has 3 aromatic rings. The van der Waals surface area contributed by atoms with Crippen LogP contribution in [0.25, 0.3) is 0 Å². The lowest BCUT2D eigenvalue weighted by atomic mass is 10.2. The summed E-state index contributed by atoms with van der Waals surface area (Å²) in [6.07, 6.45) is 0. The minimum absolute atomic E-state index is 0.0609. The molecule has 0 unspecified atom stereocenters. The quantitative estimate of drug-likeness (QED) is 0.277. The lowest BCUT2D eigenvalue weighted by Gasteiger charge is -2.09. The molecule has 9 nitrogen and oxygen atoms in total. The van der Waals surface area contributed by atoms with Crippen LogP contribution in [0.1, 0.15) is 5.56 Å². The summed E-state index contributed by atoms with van der Waals surface area (Å²) in [7, 11) is 0. The summed E-state index contributed by atoms with van der Waals surface area (Å²) < 4.78 is 0.891. The predicted octanol–water partition coefficient (Wildman–Crippen LogP) is 2.95. The van der Waals surface area contributed by atoms with Crippen molar-refractivity contribution in [2.45, 2.75) is 10.9 Å². The molecule has 2 aromatic carbocycles. The average molecular weight is 405 g/mol. The van der Waals surface area contributed by atoms with Gasteiger partial charge in [0.1, 0.15) is 0 Å². The van der Waals surface area contributed by atoms with Crippen molar-refractivity contribution in [1.82, 2.24) is 14.9 Å². The molecule has 0 spiro atoms. The van der Waals surface area contributed by atoms with E-state index in [-0.39, 0.29) is 16.7 Å². The number of nitrogen functional groups attached to an aromatic ring is 1. The molecule has 0 aliphatic rings. The number of rotatable bonds is 6. The SMILES string of the molecule is Nn1c(SCc2ccccc2Cl)nnc(Nc2ccc([N+](=O)[O-])cc2)c1=O. The van der Waals surface area contributed by atoms with Gasteiger partial charge in [-0.25, -0.2) is 0 Å². The van der Waals surface area contributed by atoms with Gasteiger partial charge < -0.3 is 11.2 Å². The maximum Gasteiger partial charge on any atom is 0.315 e. The summed E-state index contributed by atoms with van der Waals surface area (Å²) in [5, 5.41) is 22.1. The van der Waals surface area contributed by atoms with Crippen molar-refractivity contribution in [3.8, 4) is 0 Å². The summed E-state index contributed by atoms with van der Waals surface area (Å²) in [6.45, 7) is 0. The first-order chi connectivity index (χ1) is 13.0. The number of benzene rings is 2. The number of hydrogen-bond donors (Lipinski definition) is 2. The van der Waals surface area contributed by atoms with Crippen molar-refractivity contribution >= 4 is 40.6 Å². The number of anilines is 2. The van der Waals surface area contributed by atoms with Gasteiger partial charge in [-0.05, 0) is 23.8 Å². The Balaban J connectivity index is 1.75. The van der Waals surface area contributed by atoms with Gasteiger partial charge >= 0.3 is 5.56 Å². The summed E-state index contributed by atoms with van der Waals surface area (Å²) in [4.78, 5) is 22.5. The Bertz CT molecular complexity index is 1040. The molecule has 1 heterocycles. The van der Waals surface area contributed by atoms with Crippen molar-refractivity contribution in [2.24, 2.45) is 0 Å². The number of nitrogens with one attached hydrogen (secondary N) is 1. The molecular weight excluding hydrogens is 392 g/mol. The summed E-state index contributed by atoms with van der Waals surface area (Å²) in [5.41, 5.74) is 0.689. The van der Waals surface area contributed by atoms with E-state index in [0.29, 0.717) is 16.5 Å². The summed E-state index contributed by atoms with van der Waals surface area (Å²) >= 11 is 7.33. The first-order valence-electron chi connectivity index (χ1n) is 7.58. The van der Waals surface area contributed by atoms with Crippen molar-refractivity contribution in [2.75, 3.05) is 11.2 Å². The molecule has 0 atom stereocenters. The van der Waals surface area contributed by atoms with E-state index in [2.05, 4.69) is 15.5 Å². The van der Waals surface area contributed by atoms with Crippen LogP contribution in [0.15, 0.2) is 58.5 Å². The Morgan fingerprint density at radius 1 is 1.19 bits per heavy atom. The minimum Gasteiger partial charge on any atom is -0.334 e. The van der Waals surface area contributed by atoms with Crippen LogP contribution in [0, 0.1) is 10.1 Å². The first kappa shape index (κ1) is 18.7. The molecule has 11 heteroatoms. The smallest absolute Gasteiger partial charge is 0.315 e. The molecule has 138 valence electrons. The highest BCUT2D eigenvalue weighted by atomic mass is 35.5. The lowest BCUT2D eigenvalue weighted by Crippen LogP contribution is -2.32. The van der Waals surface area contributed by atoms with Crippen molar-refractivity contribution < 1.29 is 4.92 Å². The van der Waals surface area contributed by atoms with Crippen molar-refractivity contribution in [1.29, 1.82) is 0 Å². The topological polar surface area (TPSA) is 129 Å². The zero-order chi connectivity index (χ0) is 19.4. The Kier molecular flexibility index (Phi) is 5.57. The van der Waals surface area contributed by atoms with E-state index in [1.54, 1.807) is 6.07 Å². The van der Waals surface area contributed by atoms with Gasteiger partial charge in [0, 0.05) is 28.6 Å². The van der Waals surface area contributed by atoms with Crippen LogP contribution in [-0.2, 0) is 5.75 Å². The van der Waals surface area contributed by atoms with Crippen LogP contribution in [0.3, 0.4) is 0 Å². The number of thioether (sulfide) groups is 1. The van der Waals surface area contributed by atoms with Gasteiger partial charge in [-0.1, -0.05) is 41.6 Å². The Morgan fingerprint density at radius 2 is 1.89 bits per heavy atom. The highest BCUT2D eigenvalue weighted by molar-refractivity contribution is 7.98. The van der Waals surface area contributed by atoms with Gasteiger partial charge in [-0.3, -0.25) is 14.9 Å². The molecule has 3 N–H and O–H groups in total. The van der Waals surface area contributed by atoms with Crippen LogP contribution in [0.2, 0.25) is 5.02 Å². The summed E-state index contributed by atoms with van der Waals surface area (Å²) in [6, 6.07) is 12.9. The monoisotopic (exact) mass is 404 g/mol. The molecule has 0 radical (unpaired) electrons. The van der Waals surface area contributed by atoms with Crippen molar-refractivity contribution in [3.63, 3.8) is 0 Å². The molecule has 0 saturated heterocycles. The number of halogens is 1. The Morgan fingerprint density at radius 3 is 2.56 bits per heavy atom. The zero-order valence-corrected chi connectivity index (χ0v) is 15.3. The van der Waals surface area contributed by atoms with Crippen LogP contribution < -0.4 is 16.7 Å². The molecule has 0 aliphatic heterocycles. The molecule has 0 saturated carbocycles. The lowest BCUT2D eigenvalue weighted by molar-refractivity contribution is -0.384. The predicted molar refractivity (Wildman–Crippen MR) is 104 cm³/mol. The molecule has 0 amide bonds. The third kappa shape index (κ3) is 4.36. The van der Waals surface area contributed by atoms with E-state index in [0.717, 1.165) is 10.2 Å². The molecule has 3 rings (SSSR count). The fourth-order valence-corrected chi connectivity index (χ4v) is 3.26. The highest BCUT2D eigenvalue weighted by Gasteiger charge is 2.12. The Hall–Kier alpha value is -3.11. The van der Waals surface area contributed by atoms with E-state index >= 15 is 0 Å². The summed E-state index contributed by atoms with van der Waals surface area (Å²) in [5.74, 6) is 6.20. The first-order valence-corrected chi connectivity index (χ1v) is 8.94. The number of aromatic nitrogens is 3. The van der Waals surface area contributed by atoms with Gasteiger partial charge in [-0.2, -0.15) is 4.68 Å². The van der Waals surface area contributed by atoms with Gasteiger partial charge in [0.2, 0.25) is 11.0 Å². The van der Waals surface area contributed by atoms with Gasteiger partial charge in [0.25, 0.3) is 5.69 Å². The van der Waals surface area contributed by atoms with E-state index in [4.69, 9.17) is 17.4 Å². The minimum atomic E-state index is -0.579. The number of nitrogens with two attached hydrogens (primary N) is 1. The number of nitrogens with zero attached hydrogens (tertiary/aromatic N) is 4. The number of hydrogen-bond acceptors (Lipinski definition) is 8. The molecule has 0 bridgehead atoms. The second-order valence-electron chi connectivity index (χ2n) is 5.32. The number of non-ortho nitro benzene ring substituents is 1. The maximum absolute atomic E-state index is 12.4. The zero-order valence-electron chi connectivity index (χ0n) is 13.7. The highest BCUT2D eigenvalue weighted by Crippen LogP contribution is 2.24. The molecule has 0 fully saturated rings. The van der Waals surface area contributed by atoms with E-state index < -0.39 is 10.5 Å². The maximum atomic E-state index is 12.4. The van der Waals surface area contributed by atoms with E-state index in [1.165, 1.54) is 36.0 Å². The van der Waals surface area contributed by atoms with Crippen LogP contribution in [0.5, 0.6) is 0 Å². The van der Waals surface area contributed by atoms with Gasteiger partial charge in [0.05, 0.1) is 4.92 Å². The Labute approximate surface area is 162 Å². The largest absolute Gasteiger partial charge is 0.334 e. The average Bonchev–Trinajstić information content (AvgIpc) is 2.66. The fourth-order valence-electron chi connectivity index (χ4n) is 2.12. The molecule has 1 aromatic heterocycles. The van der Waals surface area contributed by atoms with Crippen LogP contribution >= 0.6 is 23.4 Å². The van der Waals surface area contributed by atoms with Gasteiger partial charge in [0.15, 0.2) is 0 Å². The second-order valence-corrected chi connectivity index (χ2v) is 6.67. The van der Waals surface area contributed by atoms with Crippen LogP contribution in [0.4, 0.5) is 17.2 Å². The molecule has 27 heavy (non-hydrogen) atoms. The number of nitro groups is 1. The van der Waals surface area contributed by atoms with E-state index in [1.807, 2.05) is 18.2 Å². The third-order valence-corrected chi connectivity index (χ3v) is 4.88. The van der Waals surface area contributed by atoms with Crippen LogP contribution in [-0.4, -0.2) is 19.8 Å². The van der Waals surface area contributed by atoms with E-state index in [9.17, 15) is 14.9 Å². The molecular formula is C16H13ClN6O3S. The third-order valence-electron chi connectivity index (χ3n) is 3.52. The fraction of sp³-hybridized carbons (Fsp3) is 0.0625. The standard InChI is InChI=1S/C16H13ClN6O3S/c17-13-4-2-1-3-10(13)9-27-16-21-20-14(15(24)22(16)18)19-11-5-7-12(8-6-11)23(25)26/h1-8H,9,18H2,(H,19,20). The molecule has 0 aliphatic carbocycles. The van der Waals surface area contributed by atoms with Gasteiger partial charge in [-0.15, -0.1) is 10.2 Å². The number of nitro benzene ring substituents is 1.